The van der Waals surface area contributed by atoms with E-state index in [0.29, 0.717) is 40.9 Å². The highest BCUT2D eigenvalue weighted by Gasteiger charge is 2.47. The van der Waals surface area contributed by atoms with E-state index in [4.69, 9.17) is 20.3 Å². The van der Waals surface area contributed by atoms with Crippen LogP contribution >= 0.6 is 15.9 Å². The molecule has 3 atom stereocenters. The number of carbonyl (C=O) groups is 2. The number of piperidine rings is 1. The van der Waals surface area contributed by atoms with E-state index in [0.717, 1.165) is 53.3 Å². The van der Waals surface area contributed by atoms with Crippen molar-refractivity contribution in [1.29, 1.82) is 0 Å². The molecule has 1 amide bonds. The van der Waals surface area contributed by atoms with E-state index in [9.17, 15) is 9.59 Å². The standard InChI is InChI=1S/C27H30N6O2.C7H9BrN2O2/c1-15-24(22-11-17-5-3-4-6-20(17)31(22)12-16-7-8-16)30-33-14-19(29-26(35-2)25(15)33)27(34)32-13-18-9-10-21(32)23(18)28;1-3-12-7(11)5-4(2)6(8)10-9-5/h3-6,11,14,16,18,21,23H,7-10,12-13,28H2,1-2H3;3H2,1-2H3,(H,9,10)/t18?,21?,23-;/m1./s1. The minimum Gasteiger partial charge on any atom is -0.479 e. The summed E-state index contributed by atoms with van der Waals surface area (Å²) in [6, 6.07) is 10.9. The summed E-state index contributed by atoms with van der Waals surface area (Å²) in [5.74, 6) is 1.05. The molecule has 13 heteroatoms. The Morgan fingerprint density at radius 1 is 1.13 bits per heavy atom. The average Bonchev–Trinajstić information content (AvgIpc) is 3.26. The lowest BCUT2D eigenvalue weighted by atomic mass is 10.1. The molecule has 1 saturated heterocycles. The number of para-hydroxylation sites is 1. The number of rotatable bonds is 7. The number of hydrogen-bond donors (Lipinski definition) is 2. The maximum absolute atomic E-state index is 13.5. The van der Waals surface area contributed by atoms with Crippen molar-refractivity contribution in [2.75, 3.05) is 20.3 Å². The number of aromatic nitrogens is 6. The molecular formula is C34H39BrN8O4. The fourth-order valence-corrected chi connectivity index (χ4v) is 7.31. The number of nitrogens with zero attached hydrogens (tertiary/aromatic N) is 6. The monoisotopic (exact) mass is 702 g/mol. The minimum atomic E-state index is -0.392. The number of aromatic amines is 1. The van der Waals surface area contributed by atoms with Gasteiger partial charge in [-0.1, -0.05) is 18.2 Å². The molecule has 2 unspecified atom stereocenters. The Labute approximate surface area is 280 Å². The predicted molar refractivity (Wildman–Crippen MR) is 180 cm³/mol. The summed E-state index contributed by atoms with van der Waals surface area (Å²) in [6.45, 7) is 7.67. The van der Waals surface area contributed by atoms with Crippen LogP contribution in [0.3, 0.4) is 0 Å². The number of aryl methyl sites for hydroxylation is 1. The van der Waals surface area contributed by atoms with E-state index in [1.54, 1.807) is 31.7 Å². The number of fused-ring (bicyclic) bond motifs is 4. The van der Waals surface area contributed by atoms with Crippen molar-refractivity contribution in [2.24, 2.45) is 17.6 Å². The highest BCUT2D eigenvalue weighted by molar-refractivity contribution is 9.10. The number of esters is 1. The van der Waals surface area contributed by atoms with Gasteiger partial charge in [-0.2, -0.15) is 10.2 Å². The number of likely N-dealkylation sites (tertiary alicyclic amines) is 1. The molecule has 8 rings (SSSR count). The summed E-state index contributed by atoms with van der Waals surface area (Å²) in [5.41, 5.74) is 12.8. The second-order valence-corrected chi connectivity index (χ2v) is 13.5. The smallest absolute Gasteiger partial charge is 0.359 e. The molecule has 3 N–H and O–H groups in total. The zero-order valence-corrected chi connectivity index (χ0v) is 28.6. The van der Waals surface area contributed by atoms with Crippen LogP contribution in [0, 0.1) is 25.7 Å². The van der Waals surface area contributed by atoms with E-state index in [1.165, 1.54) is 23.7 Å². The number of ether oxygens (including phenoxy) is 2. The number of carbonyl (C=O) groups excluding carboxylic acids is 2. The van der Waals surface area contributed by atoms with Gasteiger partial charge >= 0.3 is 5.97 Å². The summed E-state index contributed by atoms with van der Waals surface area (Å²) in [6.07, 6.45) is 6.38. The molecule has 4 aromatic heterocycles. The molecule has 5 heterocycles. The van der Waals surface area contributed by atoms with Crippen molar-refractivity contribution < 1.29 is 19.1 Å². The number of nitrogens with one attached hydrogen (secondary N) is 1. The molecule has 1 aliphatic heterocycles. The quantitative estimate of drug-likeness (QED) is 0.218. The number of H-pyrrole nitrogens is 1. The van der Waals surface area contributed by atoms with Crippen molar-refractivity contribution in [3.8, 4) is 17.3 Å². The van der Waals surface area contributed by atoms with Gasteiger partial charge in [-0.05, 0) is 86.4 Å². The Kier molecular flexibility index (Phi) is 8.29. The molecule has 47 heavy (non-hydrogen) atoms. The topological polar surface area (TPSA) is 146 Å². The van der Waals surface area contributed by atoms with E-state index in [1.807, 2.05) is 4.90 Å². The van der Waals surface area contributed by atoms with Gasteiger partial charge in [0.2, 0.25) is 5.88 Å². The molecule has 2 bridgehead atoms. The van der Waals surface area contributed by atoms with Gasteiger partial charge in [0.05, 0.1) is 25.6 Å². The second kappa shape index (κ2) is 12.4. The van der Waals surface area contributed by atoms with Crippen LogP contribution in [0.2, 0.25) is 0 Å². The molecule has 246 valence electrons. The number of amides is 1. The predicted octanol–water partition coefficient (Wildman–Crippen LogP) is 5.30. The van der Waals surface area contributed by atoms with Gasteiger partial charge in [0.15, 0.2) is 11.4 Å². The van der Waals surface area contributed by atoms with E-state index in [2.05, 4.69) is 72.9 Å². The molecule has 5 aromatic rings. The number of methoxy groups -OCH3 is 1. The maximum atomic E-state index is 13.5. The highest BCUT2D eigenvalue weighted by Crippen LogP contribution is 2.39. The number of benzene rings is 1. The first-order valence-electron chi connectivity index (χ1n) is 16.2. The Bertz CT molecular complexity index is 1990. The van der Waals surface area contributed by atoms with Gasteiger partial charge in [-0.3, -0.25) is 9.89 Å². The summed E-state index contributed by atoms with van der Waals surface area (Å²) >= 11 is 3.21. The largest absolute Gasteiger partial charge is 0.479 e. The van der Waals surface area contributed by atoms with Crippen LogP contribution in [-0.2, 0) is 11.3 Å². The third kappa shape index (κ3) is 5.58. The Morgan fingerprint density at radius 3 is 2.55 bits per heavy atom. The van der Waals surface area contributed by atoms with Crippen LogP contribution in [0.25, 0.3) is 27.8 Å². The number of nitrogens with two attached hydrogens (primary N) is 1. The third-order valence-electron chi connectivity index (χ3n) is 9.75. The van der Waals surface area contributed by atoms with E-state index < -0.39 is 5.97 Å². The van der Waals surface area contributed by atoms with Crippen LogP contribution < -0.4 is 10.5 Å². The van der Waals surface area contributed by atoms with Gasteiger partial charge in [-0.25, -0.2) is 14.3 Å². The minimum absolute atomic E-state index is 0.0662. The molecule has 1 aromatic carbocycles. The van der Waals surface area contributed by atoms with E-state index >= 15 is 0 Å². The zero-order valence-electron chi connectivity index (χ0n) is 27.0. The Hall–Kier alpha value is -4.23. The fraction of sp³-hybridized carbons (Fsp3) is 0.441. The zero-order chi connectivity index (χ0) is 33.0. The molecule has 0 spiro atoms. The lowest BCUT2D eigenvalue weighted by Gasteiger charge is -2.26. The molecule has 12 nitrogen and oxygen atoms in total. The van der Waals surface area contributed by atoms with E-state index in [-0.39, 0.29) is 18.0 Å². The molecule has 0 radical (unpaired) electrons. The molecule has 3 fully saturated rings. The maximum Gasteiger partial charge on any atom is 0.359 e. The van der Waals surface area contributed by atoms with Crippen molar-refractivity contribution in [3.63, 3.8) is 0 Å². The number of halogens is 1. The van der Waals surface area contributed by atoms with Crippen molar-refractivity contribution in [3.05, 3.63) is 63.6 Å². The molecule has 2 aliphatic carbocycles. The van der Waals surface area contributed by atoms with Gasteiger partial charge in [-0.15, -0.1) is 0 Å². The summed E-state index contributed by atoms with van der Waals surface area (Å²) in [4.78, 5) is 31.2. The normalized spacial score (nSPS) is 20.1. The summed E-state index contributed by atoms with van der Waals surface area (Å²) < 4.78 is 15.4. The van der Waals surface area contributed by atoms with Crippen molar-refractivity contribution >= 4 is 44.2 Å². The van der Waals surface area contributed by atoms with Gasteiger partial charge in [0.1, 0.15) is 15.8 Å². The van der Waals surface area contributed by atoms with Crippen LogP contribution in [0.5, 0.6) is 5.88 Å². The first-order chi connectivity index (χ1) is 22.7. The van der Waals surface area contributed by atoms with Crippen LogP contribution in [0.4, 0.5) is 0 Å². The van der Waals surface area contributed by atoms with Crippen molar-refractivity contribution in [2.45, 2.75) is 65.1 Å². The van der Waals surface area contributed by atoms with Gasteiger partial charge in [0, 0.05) is 47.2 Å². The first-order valence-corrected chi connectivity index (χ1v) is 17.0. The fourth-order valence-electron chi connectivity index (χ4n) is 7.03. The number of hydrogen-bond acceptors (Lipinski definition) is 8. The molecule has 3 aliphatic rings. The van der Waals surface area contributed by atoms with Crippen molar-refractivity contribution in [1.82, 2.24) is 34.3 Å². The van der Waals surface area contributed by atoms with Gasteiger partial charge < -0.3 is 24.7 Å². The van der Waals surface area contributed by atoms with Crippen LogP contribution in [0.15, 0.2) is 41.1 Å². The third-order valence-corrected chi connectivity index (χ3v) is 10.5. The molecule has 2 saturated carbocycles. The van der Waals surface area contributed by atoms with Crippen LogP contribution in [0.1, 0.15) is 64.7 Å². The lowest BCUT2D eigenvalue weighted by Crippen LogP contribution is -2.41. The van der Waals surface area contributed by atoms with Crippen LogP contribution in [-0.4, -0.2) is 78.5 Å². The highest BCUT2D eigenvalue weighted by atomic mass is 79.9. The second-order valence-electron chi connectivity index (χ2n) is 12.7. The summed E-state index contributed by atoms with van der Waals surface area (Å²) in [7, 11) is 1.60. The summed E-state index contributed by atoms with van der Waals surface area (Å²) in [5, 5.41) is 12.6. The Morgan fingerprint density at radius 2 is 1.91 bits per heavy atom. The molecular weight excluding hydrogens is 664 g/mol. The average molecular weight is 704 g/mol. The SMILES string of the molecule is CCOC(=O)c1n[nH]c(Br)c1C.COc1nc(C(=O)N2CC3CCC2[C@@H]3N)cn2nc(-c3cc4ccccc4n3CC3CC3)c(C)c12. The first kappa shape index (κ1) is 31.4. The lowest BCUT2D eigenvalue weighted by molar-refractivity contribution is 0.0518. The Balaban J connectivity index is 0.000000249. The van der Waals surface area contributed by atoms with Gasteiger partial charge in [0.25, 0.3) is 5.91 Å².